The first-order chi connectivity index (χ1) is 13.9. The van der Waals surface area contributed by atoms with Crippen molar-refractivity contribution in [2.24, 2.45) is 36.7 Å². The van der Waals surface area contributed by atoms with Crippen molar-refractivity contribution in [3.63, 3.8) is 0 Å². The number of hydrogen-bond acceptors (Lipinski definition) is 10. The summed E-state index contributed by atoms with van der Waals surface area (Å²) in [6.45, 7) is -2.22. The Morgan fingerprint density at radius 3 is 2.21 bits per heavy atom. The van der Waals surface area contributed by atoms with Crippen molar-refractivity contribution >= 4 is 18.2 Å². The van der Waals surface area contributed by atoms with E-state index in [2.05, 4.69) is 45.6 Å². The van der Waals surface area contributed by atoms with E-state index in [0.717, 1.165) is 0 Å². The minimum absolute atomic E-state index is 0.199. The molecule has 0 radical (unpaired) electrons. The second-order valence-electron chi connectivity index (χ2n) is 4.91. The number of hydrogen-bond donors (Lipinski definition) is 2. The average Bonchev–Trinajstić information content (AvgIpc) is 2.74. The van der Waals surface area contributed by atoms with Crippen LogP contribution in [0.2, 0.25) is 0 Å². The lowest BCUT2D eigenvalue weighted by atomic mass is 10.1. The Morgan fingerprint density at radius 2 is 1.76 bits per heavy atom. The van der Waals surface area contributed by atoms with Gasteiger partial charge in [0.25, 0.3) is 0 Å². The number of nitrogens with zero attached hydrogens (tertiary/aromatic N) is 13. The minimum atomic E-state index is -2.00. The van der Waals surface area contributed by atoms with Gasteiger partial charge in [0.05, 0.1) is 19.6 Å². The van der Waals surface area contributed by atoms with Gasteiger partial charge in [0, 0.05) is 26.1 Å². The maximum atomic E-state index is 12.6. The molecular weight excluding hydrogens is 394 g/mol. The summed E-state index contributed by atoms with van der Waals surface area (Å²) in [5.74, 6) is 3.53. The zero-order valence-electron chi connectivity index (χ0n) is 14.7. The molecular formula is C10H15N15O4. The van der Waals surface area contributed by atoms with Crippen molar-refractivity contribution in [2.45, 2.75) is 18.1 Å². The van der Waals surface area contributed by atoms with Gasteiger partial charge in [0.15, 0.2) is 5.60 Å². The Labute approximate surface area is 161 Å². The number of amides is 2. The summed E-state index contributed by atoms with van der Waals surface area (Å²) in [5, 5.41) is 25.6. The normalized spacial score (nSPS) is 12.8. The van der Waals surface area contributed by atoms with Crippen LogP contribution < -0.4 is 5.84 Å². The molecule has 154 valence electrons. The molecule has 0 aromatic heterocycles. The average molecular weight is 409 g/mol. The Hall–Kier alpha value is -4.46. The standard InChI is InChI=1S/C10H15N15O4/c11-3-10(4-17-22-13,5-18-23-14)29-9(27)25(6-19-24-15)7(8(26)20-28)1-2-16-21-12/h3,7,11H,1-2,4-6H2,(H2,12,16). The smallest absolute Gasteiger partial charge is 0.411 e. The van der Waals surface area contributed by atoms with Crippen LogP contribution in [0.1, 0.15) is 6.42 Å². The topological polar surface area (TPSA) is 297 Å². The molecule has 0 saturated carbocycles. The Morgan fingerprint density at radius 1 is 1.17 bits per heavy atom. The molecule has 0 spiro atoms. The molecule has 0 aliphatic heterocycles. The van der Waals surface area contributed by atoms with E-state index in [1.165, 1.54) is 0 Å². The third-order valence-corrected chi connectivity index (χ3v) is 3.21. The summed E-state index contributed by atoms with van der Waals surface area (Å²) >= 11 is 0. The van der Waals surface area contributed by atoms with E-state index in [1.54, 1.807) is 0 Å². The minimum Gasteiger partial charge on any atom is -0.437 e. The molecule has 0 heterocycles. The summed E-state index contributed by atoms with van der Waals surface area (Å²) in [7, 11) is 0. The first-order valence-electron chi connectivity index (χ1n) is 7.43. The third-order valence-electron chi connectivity index (χ3n) is 3.21. The SMILES string of the molecule is [N-]=[N+]=NCN(C(=O)OC(C=N)(CN=[N+]=[N-])CN=[N+]=[N-])C(CCN=NN)C(=O)N=O. The lowest BCUT2D eigenvalue weighted by Gasteiger charge is -2.32. The van der Waals surface area contributed by atoms with Gasteiger partial charge in [-0.15, -0.1) is 4.91 Å². The molecule has 0 aromatic rings. The van der Waals surface area contributed by atoms with Crippen molar-refractivity contribution in [1.29, 1.82) is 5.41 Å². The summed E-state index contributed by atoms with van der Waals surface area (Å²) in [6.07, 6.45) is -1.09. The number of carbonyl (C=O) groups is 2. The fourth-order valence-corrected chi connectivity index (χ4v) is 1.86. The molecule has 3 N–H and O–H groups in total. The van der Waals surface area contributed by atoms with E-state index in [1.807, 2.05) is 0 Å². The first kappa shape index (κ1) is 24.5. The third kappa shape index (κ3) is 8.18. The molecule has 0 aromatic carbocycles. The van der Waals surface area contributed by atoms with Crippen LogP contribution in [0.3, 0.4) is 0 Å². The number of azide groups is 3. The molecule has 0 aliphatic rings. The first-order valence-corrected chi connectivity index (χ1v) is 7.43. The number of rotatable bonds is 13. The molecule has 1 atom stereocenters. The molecule has 0 aliphatic carbocycles. The molecule has 19 heteroatoms. The summed E-state index contributed by atoms with van der Waals surface area (Å²) in [6, 6.07) is -1.57. The largest absolute Gasteiger partial charge is 0.437 e. The summed E-state index contributed by atoms with van der Waals surface area (Å²) in [4.78, 5) is 43.1. The highest BCUT2D eigenvalue weighted by Gasteiger charge is 2.37. The van der Waals surface area contributed by atoms with E-state index in [4.69, 9.17) is 32.6 Å². The van der Waals surface area contributed by atoms with Crippen LogP contribution in [-0.4, -0.2) is 61.1 Å². The lowest BCUT2D eigenvalue weighted by molar-refractivity contribution is -0.123. The van der Waals surface area contributed by atoms with Gasteiger partial charge < -0.3 is 16.0 Å². The predicted octanol–water partition coefficient (Wildman–Crippen LogP) is 2.08. The fraction of sp³-hybridized carbons (Fsp3) is 0.700. The zero-order valence-corrected chi connectivity index (χ0v) is 14.7. The fourth-order valence-electron chi connectivity index (χ4n) is 1.86. The van der Waals surface area contributed by atoms with Crippen LogP contribution in [0.25, 0.3) is 31.3 Å². The molecule has 1 unspecified atom stereocenters. The van der Waals surface area contributed by atoms with E-state index >= 15 is 0 Å². The number of nitroso groups, excluding NO2 is 1. The lowest BCUT2D eigenvalue weighted by Crippen LogP contribution is -2.51. The predicted molar refractivity (Wildman–Crippen MR) is 95.0 cm³/mol. The maximum Gasteiger partial charge on any atom is 0.411 e. The van der Waals surface area contributed by atoms with Gasteiger partial charge in [0.1, 0.15) is 12.7 Å². The molecule has 0 saturated heterocycles. The van der Waals surface area contributed by atoms with Crippen molar-refractivity contribution in [3.8, 4) is 0 Å². The number of nitrogens with two attached hydrogens (primary N) is 1. The van der Waals surface area contributed by atoms with E-state index in [-0.39, 0.29) is 13.0 Å². The van der Waals surface area contributed by atoms with Gasteiger partial charge in [-0.25, -0.2) is 4.79 Å². The quantitative estimate of drug-likeness (QED) is 0.0874. The number of ether oxygens (including phenoxy) is 1. The van der Waals surface area contributed by atoms with Gasteiger partial charge in [-0.05, 0) is 23.0 Å². The second kappa shape index (κ2) is 13.7. The summed E-state index contributed by atoms with van der Waals surface area (Å²) in [5.41, 5.74) is 23.5. The molecule has 0 rings (SSSR count). The zero-order chi connectivity index (χ0) is 22.1. The monoisotopic (exact) mass is 409 g/mol. The Balaban J connectivity index is 5.96. The highest BCUT2D eigenvalue weighted by Crippen LogP contribution is 2.17. The highest BCUT2D eigenvalue weighted by molar-refractivity contribution is 5.86. The molecule has 0 bridgehead atoms. The Bertz CT molecular complexity index is 756. The summed E-state index contributed by atoms with van der Waals surface area (Å²) < 4.78 is 5.09. The van der Waals surface area contributed by atoms with E-state index < -0.39 is 43.4 Å². The van der Waals surface area contributed by atoms with Gasteiger partial charge >= 0.3 is 12.0 Å². The molecule has 29 heavy (non-hydrogen) atoms. The number of carbonyl (C=O) groups excluding carboxylic acids is 2. The van der Waals surface area contributed by atoms with Crippen LogP contribution in [0.15, 0.2) is 30.9 Å². The number of nitrogens with one attached hydrogen (secondary N) is 1. The molecule has 2 amide bonds. The molecule has 19 nitrogen and oxygen atoms in total. The van der Waals surface area contributed by atoms with Gasteiger partial charge in [-0.2, -0.15) is 5.11 Å². The molecule has 0 fully saturated rings. The van der Waals surface area contributed by atoms with Crippen LogP contribution in [0.5, 0.6) is 0 Å². The second-order valence-corrected chi connectivity index (χ2v) is 4.91. The van der Waals surface area contributed by atoms with Crippen molar-refractivity contribution in [3.05, 3.63) is 36.2 Å². The van der Waals surface area contributed by atoms with Crippen molar-refractivity contribution < 1.29 is 14.3 Å². The van der Waals surface area contributed by atoms with Crippen LogP contribution in [0.4, 0.5) is 4.79 Å². The van der Waals surface area contributed by atoms with Crippen molar-refractivity contribution in [1.82, 2.24) is 4.90 Å². The van der Waals surface area contributed by atoms with E-state index in [9.17, 15) is 14.5 Å². The Kier molecular flexibility index (Phi) is 11.6. The van der Waals surface area contributed by atoms with Gasteiger partial charge in [-0.3, -0.25) is 9.69 Å². The van der Waals surface area contributed by atoms with Gasteiger partial charge in [0.2, 0.25) is 0 Å². The van der Waals surface area contributed by atoms with Crippen LogP contribution >= 0.6 is 0 Å². The van der Waals surface area contributed by atoms with Crippen LogP contribution in [0, 0.1) is 10.3 Å². The van der Waals surface area contributed by atoms with Crippen LogP contribution in [-0.2, 0) is 9.53 Å². The van der Waals surface area contributed by atoms with Gasteiger partial charge in [-0.1, -0.05) is 20.6 Å². The van der Waals surface area contributed by atoms with Crippen molar-refractivity contribution in [2.75, 3.05) is 26.3 Å². The maximum absolute atomic E-state index is 12.6. The van der Waals surface area contributed by atoms with E-state index in [0.29, 0.717) is 11.1 Å². The highest BCUT2D eigenvalue weighted by atomic mass is 16.6.